The van der Waals surface area contributed by atoms with Gasteiger partial charge in [0.15, 0.2) is 0 Å². The Hall–Kier alpha value is -2.28. The summed E-state index contributed by atoms with van der Waals surface area (Å²) in [4.78, 5) is 10.8. The van der Waals surface area contributed by atoms with Crippen LogP contribution in [0.4, 0.5) is 5.69 Å². The minimum absolute atomic E-state index is 0.401. The third-order valence-corrected chi connectivity index (χ3v) is 4.74. The van der Waals surface area contributed by atoms with Gasteiger partial charge >= 0.3 is 5.97 Å². The number of hydrogen-bond donors (Lipinski definition) is 1. The molecule has 0 spiro atoms. The van der Waals surface area contributed by atoms with Gasteiger partial charge in [-0.2, -0.15) is 8.42 Å². The maximum absolute atomic E-state index is 12.4. The quantitative estimate of drug-likeness (QED) is 0.937. The maximum Gasteiger partial charge on any atom is 0.371 e. The van der Waals surface area contributed by atoms with Gasteiger partial charge in [-0.1, -0.05) is 17.7 Å². The molecule has 0 fully saturated rings. The van der Waals surface area contributed by atoms with Gasteiger partial charge in [0.25, 0.3) is 10.0 Å². The summed E-state index contributed by atoms with van der Waals surface area (Å²) in [6, 6.07) is 7.62. The number of aryl methyl sites for hydroxylation is 2. The van der Waals surface area contributed by atoms with Crippen molar-refractivity contribution >= 4 is 21.7 Å². The third kappa shape index (κ3) is 2.78. The zero-order chi connectivity index (χ0) is 15.8. The molecule has 2 aromatic rings. The van der Waals surface area contributed by atoms with Crippen LogP contribution in [-0.2, 0) is 10.0 Å². The number of anilines is 1. The molecule has 7 heteroatoms. The van der Waals surface area contributed by atoms with Crippen molar-refractivity contribution < 1.29 is 22.7 Å². The Balaban J connectivity index is 2.44. The van der Waals surface area contributed by atoms with E-state index in [1.54, 1.807) is 19.1 Å². The Morgan fingerprint density at radius 1 is 1.19 bits per heavy atom. The fourth-order valence-corrected chi connectivity index (χ4v) is 3.17. The minimum Gasteiger partial charge on any atom is -0.475 e. The molecule has 0 aliphatic rings. The van der Waals surface area contributed by atoms with Crippen molar-refractivity contribution in [1.29, 1.82) is 0 Å². The first-order valence-corrected chi connectivity index (χ1v) is 7.57. The normalized spacial score (nSPS) is 11.4. The number of hydrogen-bond acceptors (Lipinski definition) is 4. The zero-order valence-electron chi connectivity index (χ0n) is 11.8. The molecule has 0 unspecified atom stereocenters. The molecular formula is C14H15NO5S. The lowest BCUT2D eigenvalue weighted by Gasteiger charge is -2.20. The summed E-state index contributed by atoms with van der Waals surface area (Å²) in [5, 5.41) is 8.39. The largest absolute Gasteiger partial charge is 0.475 e. The number of carboxylic acid groups (broad SMARTS) is 1. The van der Waals surface area contributed by atoms with Crippen LogP contribution < -0.4 is 4.31 Å². The average Bonchev–Trinajstić information content (AvgIpc) is 2.88. The summed E-state index contributed by atoms with van der Waals surface area (Å²) in [7, 11) is -2.54. The molecule has 0 atom stereocenters. The van der Waals surface area contributed by atoms with Crippen LogP contribution in [0.2, 0.25) is 0 Å². The molecule has 112 valence electrons. The van der Waals surface area contributed by atoms with Crippen LogP contribution in [0.3, 0.4) is 0 Å². The number of aromatic carboxylic acids is 1. The van der Waals surface area contributed by atoms with Crippen LogP contribution >= 0.6 is 0 Å². The molecule has 0 radical (unpaired) electrons. The SMILES string of the molecule is Cc1ccc(N(C)S(=O)(=O)c2ccc(C(=O)O)o2)c(C)c1. The average molecular weight is 309 g/mol. The van der Waals surface area contributed by atoms with Crippen molar-refractivity contribution in [1.82, 2.24) is 0 Å². The van der Waals surface area contributed by atoms with E-state index in [9.17, 15) is 13.2 Å². The van der Waals surface area contributed by atoms with Crippen molar-refractivity contribution in [2.45, 2.75) is 18.9 Å². The predicted molar refractivity (Wildman–Crippen MR) is 77.2 cm³/mol. The fourth-order valence-electron chi connectivity index (χ4n) is 2.00. The van der Waals surface area contributed by atoms with Gasteiger partial charge in [0, 0.05) is 7.05 Å². The van der Waals surface area contributed by atoms with Crippen LogP contribution in [0.1, 0.15) is 21.7 Å². The highest BCUT2D eigenvalue weighted by atomic mass is 32.2. The fraction of sp³-hybridized carbons (Fsp3) is 0.214. The Morgan fingerprint density at radius 2 is 1.86 bits per heavy atom. The van der Waals surface area contributed by atoms with E-state index in [2.05, 4.69) is 0 Å². The predicted octanol–water partition coefficient (Wildman–Crippen LogP) is 2.42. The molecule has 0 amide bonds. The molecular weight excluding hydrogens is 294 g/mol. The van der Waals surface area contributed by atoms with Crippen LogP contribution in [0.15, 0.2) is 39.8 Å². The van der Waals surface area contributed by atoms with Crippen molar-refractivity contribution in [2.24, 2.45) is 0 Å². The Labute approximate surface area is 122 Å². The first-order chi connectivity index (χ1) is 9.73. The molecule has 1 aromatic heterocycles. The van der Waals surface area contributed by atoms with E-state index in [0.29, 0.717) is 5.69 Å². The maximum atomic E-state index is 12.4. The van der Waals surface area contributed by atoms with Crippen molar-refractivity contribution in [3.63, 3.8) is 0 Å². The van der Waals surface area contributed by atoms with Gasteiger partial charge < -0.3 is 9.52 Å². The van der Waals surface area contributed by atoms with Crippen molar-refractivity contribution in [2.75, 3.05) is 11.4 Å². The number of carboxylic acids is 1. The van der Waals surface area contributed by atoms with Crippen LogP contribution in [0, 0.1) is 13.8 Å². The van der Waals surface area contributed by atoms with E-state index in [1.807, 2.05) is 13.0 Å². The number of sulfonamides is 1. The Kier molecular flexibility index (Phi) is 3.78. The molecule has 1 heterocycles. The van der Waals surface area contributed by atoms with Crippen molar-refractivity contribution in [3.8, 4) is 0 Å². The molecule has 0 bridgehead atoms. The summed E-state index contributed by atoms with van der Waals surface area (Å²) >= 11 is 0. The van der Waals surface area contributed by atoms with Gasteiger partial charge in [-0.3, -0.25) is 4.31 Å². The zero-order valence-corrected chi connectivity index (χ0v) is 12.6. The van der Waals surface area contributed by atoms with Gasteiger partial charge in [-0.15, -0.1) is 0 Å². The first kappa shape index (κ1) is 15.1. The lowest BCUT2D eigenvalue weighted by molar-refractivity contribution is 0.0656. The Bertz CT molecular complexity index is 791. The monoisotopic (exact) mass is 309 g/mol. The molecule has 0 saturated carbocycles. The second-order valence-corrected chi connectivity index (χ2v) is 6.59. The van der Waals surface area contributed by atoms with Crippen LogP contribution in [0.25, 0.3) is 0 Å². The molecule has 2 rings (SSSR count). The van der Waals surface area contributed by atoms with Gasteiger partial charge in [0.1, 0.15) is 0 Å². The number of furan rings is 1. The highest BCUT2D eigenvalue weighted by Crippen LogP contribution is 2.26. The van der Waals surface area contributed by atoms with Crippen molar-refractivity contribution in [3.05, 3.63) is 47.2 Å². The van der Waals surface area contributed by atoms with E-state index in [0.717, 1.165) is 27.6 Å². The second kappa shape index (κ2) is 5.25. The van der Waals surface area contributed by atoms with E-state index < -0.39 is 26.8 Å². The smallest absolute Gasteiger partial charge is 0.371 e. The highest BCUT2D eigenvalue weighted by molar-refractivity contribution is 7.92. The summed E-state index contributed by atoms with van der Waals surface area (Å²) in [5.41, 5.74) is 2.33. The van der Waals surface area contributed by atoms with Gasteiger partial charge in [-0.25, -0.2) is 4.79 Å². The van der Waals surface area contributed by atoms with Crippen LogP contribution in [-0.4, -0.2) is 26.5 Å². The summed E-state index contributed by atoms with van der Waals surface area (Å²) < 4.78 is 30.9. The lowest BCUT2D eigenvalue weighted by atomic mass is 10.1. The van der Waals surface area contributed by atoms with Gasteiger partial charge in [-0.05, 0) is 37.6 Å². The highest BCUT2D eigenvalue weighted by Gasteiger charge is 2.27. The number of nitrogens with zero attached hydrogens (tertiary/aromatic N) is 1. The van der Waals surface area contributed by atoms with Gasteiger partial charge in [0.05, 0.1) is 5.69 Å². The summed E-state index contributed by atoms with van der Waals surface area (Å²) in [6.45, 7) is 3.72. The van der Waals surface area contributed by atoms with Gasteiger partial charge in [0.2, 0.25) is 10.9 Å². The third-order valence-electron chi connectivity index (χ3n) is 3.10. The number of benzene rings is 1. The molecule has 21 heavy (non-hydrogen) atoms. The Morgan fingerprint density at radius 3 is 2.38 bits per heavy atom. The first-order valence-electron chi connectivity index (χ1n) is 6.13. The number of carbonyl (C=O) groups is 1. The molecule has 0 saturated heterocycles. The van der Waals surface area contributed by atoms with Crippen LogP contribution in [0.5, 0.6) is 0 Å². The second-order valence-electron chi connectivity index (χ2n) is 4.69. The van der Waals surface area contributed by atoms with E-state index >= 15 is 0 Å². The summed E-state index contributed by atoms with van der Waals surface area (Å²) in [6.07, 6.45) is 0. The van der Waals surface area contributed by atoms with E-state index in [-0.39, 0.29) is 0 Å². The molecule has 0 aliphatic carbocycles. The standard InChI is InChI=1S/C14H15NO5S/c1-9-4-5-11(10(2)8-9)15(3)21(18,19)13-7-6-12(20-13)14(16)17/h4-8H,1-3H3,(H,16,17). The molecule has 1 N–H and O–H groups in total. The lowest BCUT2D eigenvalue weighted by Crippen LogP contribution is -2.26. The summed E-state index contributed by atoms with van der Waals surface area (Å²) in [5.74, 6) is -1.73. The topological polar surface area (TPSA) is 87.8 Å². The number of rotatable bonds is 4. The van der Waals surface area contributed by atoms with E-state index in [4.69, 9.17) is 9.52 Å². The van der Waals surface area contributed by atoms with E-state index in [1.165, 1.54) is 7.05 Å². The molecule has 0 aliphatic heterocycles. The molecule has 6 nitrogen and oxygen atoms in total. The molecule has 1 aromatic carbocycles. The minimum atomic E-state index is -3.94.